The highest BCUT2D eigenvalue weighted by Crippen LogP contribution is 2.07. The molecule has 0 bridgehead atoms. The smallest absolute Gasteiger partial charge is 0.318 e. The number of hydrogen-bond donors (Lipinski definition) is 1. The van der Waals surface area contributed by atoms with Crippen LogP contribution in [0.1, 0.15) is 19.5 Å². The zero-order valence-electron chi connectivity index (χ0n) is 15.2. The summed E-state index contributed by atoms with van der Waals surface area (Å²) in [5.74, 6) is -0.133. The van der Waals surface area contributed by atoms with E-state index in [2.05, 4.69) is 10.3 Å². The van der Waals surface area contributed by atoms with Gasteiger partial charge in [-0.15, -0.1) is 0 Å². The van der Waals surface area contributed by atoms with E-state index in [9.17, 15) is 9.59 Å². The molecule has 1 atom stereocenters. The van der Waals surface area contributed by atoms with E-state index in [-0.39, 0.29) is 17.9 Å². The van der Waals surface area contributed by atoms with Crippen LogP contribution in [0.4, 0.5) is 4.79 Å². The van der Waals surface area contributed by atoms with Gasteiger partial charge in [0.05, 0.1) is 18.8 Å². The van der Waals surface area contributed by atoms with Crippen molar-refractivity contribution >= 4 is 11.9 Å². The summed E-state index contributed by atoms with van der Waals surface area (Å²) >= 11 is 0. The molecule has 0 fully saturated rings. The Labute approximate surface area is 144 Å². The van der Waals surface area contributed by atoms with Crippen LogP contribution in [-0.4, -0.2) is 67.1 Å². The maximum Gasteiger partial charge on any atom is 0.318 e. The van der Waals surface area contributed by atoms with Gasteiger partial charge in [0.25, 0.3) is 0 Å². The topological polar surface area (TPSA) is 74.8 Å². The van der Waals surface area contributed by atoms with Gasteiger partial charge in [0, 0.05) is 33.9 Å². The number of pyridine rings is 1. The van der Waals surface area contributed by atoms with Crippen LogP contribution in [-0.2, 0) is 16.1 Å². The van der Waals surface area contributed by atoms with E-state index >= 15 is 0 Å². The van der Waals surface area contributed by atoms with E-state index in [0.29, 0.717) is 19.7 Å². The number of aromatic nitrogens is 1. The van der Waals surface area contributed by atoms with Gasteiger partial charge >= 0.3 is 6.03 Å². The summed E-state index contributed by atoms with van der Waals surface area (Å²) in [4.78, 5) is 32.3. The van der Waals surface area contributed by atoms with Gasteiger partial charge in [-0.25, -0.2) is 4.79 Å². The quantitative estimate of drug-likeness (QED) is 0.778. The minimum Gasteiger partial charge on any atom is -0.383 e. The van der Waals surface area contributed by atoms with Gasteiger partial charge in [0.1, 0.15) is 6.04 Å². The Morgan fingerprint density at radius 1 is 1.29 bits per heavy atom. The molecule has 1 aromatic heterocycles. The zero-order chi connectivity index (χ0) is 18.1. The predicted octanol–water partition coefficient (Wildman–Crippen LogP) is 1.35. The first-order chi connectivity index (χ1) is 11.4. The number of carbonyl (C=O) groups is 2. The lowest BCUT2D eigenvalue weighted by Crippen LogP contribution is -2.53. The maximum absolute atomic E-state index is 12.7. The van der Waals surface area contributed by atoms with Gasteiger partial charge in [-0.3, -0.25) is 9.78 Å². The van der Waals surface area contributed by atoms with E-state index in [1.54, 1.807) is 32.3 Å². The minimum absolute atomic E-state index is 0.0111. The number of urea groups is 1. The van der Waals surface area contributed by atoms with Crippen LogP contribution in [0.5, 0.6) is 0 Å². The van der Waals surface area contributed by atoms with Crippen LogP contribution in [0.2, 0.25) is 0 Å². The van der Waals surface area contributed by atoms with Crippen molar-refractivity contribution in [3.05, 3.63) is 30.1 Å². The molecule has 1 aromatic rings. The van der Waals surface area contributed by atoms with Gasteiger partial charge in [-0.2, -0.15) is 0 Å². The molecule has 24 heavy (non-hydrogen) atoms. The SMILES string of the molecule is COCCN(Cc1ccccn1)C(=O)N[C@@H](C(=O)N(C)C)C(C)C. The lowest BCUT2D eigenvalue weighted by molar-refractivity contribution is -0.131. The number of amides is 3. The van der Waals surface area contributed by atoms with Crippen molar-refractivity contribution in [3.63, 3.8) is 0 Å². The zero-order valence-corrected chi connectivity index (χ0v) is 15.2. The Balaban J connectivity index is 2.83. The van der Waals surface area contributed by atoms with E-state index in [1.807, 2.05) is 32.0 Å². The van der Waals surface area contributed by atoms with Crippen molar-refractivity contribution in [2.24, 2.45) is 5.92 Å². The van der Waals surface area contributed by atoms with E-state index in [4.69, 9.17) is 4.74 Å². The van der Waals surface area contributed by atoms with Gasteiger partial charge < -0.3 is 19.9 Å². The third kappa shape index (κ3) is 6.16. The van der Waals surface area contributed by atoms with E-state index in [0.717, 1.165) is 5.69 Å². The molecule has 0 aliphatic heterocycles. The summed E-state index contributed by atoms with van der Waals surface area (Å²) < 4.78 is 5.08. The molecule has 1 rings (SSSR count). The second kappa shape index (κ2) is 9.87. The summed E-state index contributed by atoms with van der Waals surface area (Å²) in [6.07, 6.45) is 1.69. The van der Waals surface area contributed by atoms with Gasteiger partial charge in [-0.1, -0.05) is 19.9 Å². The number of nitrogens with one attached hydrogen (secondary N) is 1. The number of carbonyl (C=O) groups excluding carboxylic acids is 2. The van der Waals surface area contributed by atoms with Crippen LogP contribution in [0, 0.1) is 5.92 Å². The third-order valence-corrected chi connectivity index (χ3v) is 3.58. The average molecular weight is 336 g/mol. The van der Waals surface area contributed by atoms with Crippen molar-refractivity contribution in [2.75, 3.05) is 34.4 Å². The highest BCUT2D eigenvalue weighted by molar-refractivity contribution is 5.87. The van der Waals surface area contributed by atoms with E-state index < -0.39 is 6.04 Å². The van der Waals surface area contributed by atoms with Gasteiger partial charge in [-0.05, 0) is 18.1 Å². The third-order valence-electron chi connectivity index (χ3n) is 3.58. The summed E-state index contributed by atoms with van der Waals surface area (Å²) in [5.41, 5.74) is 0.781. The van der Waals surface area contributed by atoms with Crippen LogP contribution in [0.25, 0.3) is 0 Å². The number of rotatable bonds is 8. The molecule has 0 saturated carbocycles. The van der Waals surface area contributed by atoms with Crippen LogP contribution in [0.15, 0.2) is 24.4 Å². The molecular formula is C17H28N4O3. The van der Waals surface area contributed by atoms with Crippen molar-refractivity contribution in [2.45, 2.75) is 26.4 Å². The number of nitrogens with zero attached hydrogens (tertiary/aromatic N) is 3. The highest BCUT2D eigenvalue weighted by Gasteiger charge is 2.27. The number of ether oxygens (including phenoxy) is 1. The number of methoxy groups -OCH3 is 1. The second-order valence-electron chi connectivity index (χ2n) is 6.14. The molecule has 7 nitrogen and oxygen atoms in total. The molecule has 0 spiro atoms. The largest absolute Gasteiger partial charge is 0.383 e. The van der Waals surface area contributed by atoms with Gasteiger partial charge in [0.15, 0.2) is 0 Å². The van der Waals surface area contributed by atoms with E-state index in [1.165, 1.54) is 4.90 Å². The first-order valence-corrected chi connectivity index (χ1v) is 8.02. The molecule has 1 heterocycles. The van der Waals surface area contributed by atoms with Crippen molar-refractivity contribution in [1.29, 1.82) is 0 Å². The molecule has 0 saturated heterocycles. The molecule has 0 radical (unpaired) electrons. The maximum atomic E-state index is 12.7. The summed E-state index contributed by atoms with van der Waals surface area (Å²) in [6, 6.07) is 4.69. The molecule has 0 unspecified atom stereocenters. The lowest BCUT2D eigenvalue weighted by Gasteiger charge is -2.29. The first kappa shape index (κ1) is 19.9. The predicted molar refractivity (Wildman–Crippen MR) is 92.4 cm³/mol. The molecule has 0 aliphatic rings. The van der Waals surface area contributed by atoms with Crippen LogP contribution in [0.3, 0.4) is 0 Å². The molecule has 3 amide bonds. The number of hydrogen-bond acceptors (Lipinski definition) is 4. The normalized spacial score (nSPS) is 11.9. The fourth-order valence-corrected chi connectivity index (χ4v) is 2.16. The Morgan fingerprint density at radius 2 is 2.00 bits per heavy atom. The Bertz CT molecular complexity index is 520. The average Bonchev–Trinajstić information content (AvgIpc) is 2.56. The molecule has 1 N–H and O–H groups in total. The molecule has 0 aromatic carbocycles. The molecule has 0 aliphatic carbocycles. The fourth-order valence-electron chi connectivity index (χ4n) is 2.16. The van der Waals surface area contributed by atoms with Crippen molar-refractivity contribution < 1.29 is 14.3 Å². The first-order valence-electron chi connectivity index (χ1n) is 8.02. The fraction of sp³-hybridized carbons (Fsp3) is 0.588. The van der Waals surface area contributed by atoms with Crippen LogP contribution >= 0.6 is 0 Å². The molecule has 134 valence electrons. The summed E-state index contributed by atoms with van der Waals surface area (Å²) in [5, 5.41) is 2.84. The van der Waals surface area contributed by atoms with Crippen molar-refractivity contribution in [3.8, 4) is 0 Å². The molecular weight excluding hydrogens is 308 g/mol. The number of likely N-dealkylation sites (N-methyl/N-ethyl adjacent to an activating group) is 1. The lowest BCUT2D eigenvalue weighted by atomic mass is 10.0. The summed E-state index contributed by atoms with van der Waals surface area (Å²) in [6.45, 7) is 5.00. The Kier molecular flexibility index (Phi) is 8.18. The summed E-state index contributed by atoms with van der Waals surface area (Å²) in [7, 11) is 4.95. The van der Waals surface area contributed by atoms with Crippen LogP contribution < -0.4 is 5.32 Å². The minimum atomic E-state index is -0.568. The standard InChI is InChI=1S/C17H28N4O3/c1-13(2)15(16(22)20(3)4)19-17(23)21(10-11-24-5)12-14-8-6-7-9-18-14/h6-9,13,15H,10-12H2,1-5H3,(H,19,23)/t15-/m1/s1. The molecule has 7 heteroatoms. The van der Waals surface area contributed by atoms with Gasteiger partial charge in [0.2, 0.25) is 5.91 Å². The van der Waals surface area contributed by atoms with Crippen molar-refractivity contribution in [1.82, 2.24) is 20.1 Å². The Hall–Kier alpha value is -2.15. The highest BCUT2D eigenvalue weighted by atomic mass is 16.5. The Morgan fingerprint density at radius 3 is 2.50 bits per heavy atom. The second-order valence-corrected chi connectivity index (χ2v) is 6.14. The monoisotopic (exact) mass is 336 g/mol.